The van der Waals surface area contributed by atoms with E-state index in [1.165, 1.54) is 83.5 Å². The molecule has 4 aliphatic heterocycles. The summed E-state index contributed by atoms with van der Waals surface area (Å²) in [7, 11) is 0. The maximum Gasteiger partial charge on any atom is 0.232 e. The van der Waals surface area contributed by atoms with Gasteiger partial charge < -0.3 is 10.1 Å². The van der Waals surface area contributed by atoms with Gasteiger partial charge in [0.15, 0.2) is 0 Å². The molecule has 8 nitrogen and oxygen atoms in total. The van der Waals surface area contributed by atoms with E-state index in [1.807, 2.05) is 11.9 Å². The Balaban J connectivity index is 1.02. The molecule has 5 heterocycles. The van der Waals surface area contributed by atoms with Crippen LogP contribution in [0.15, 0.2) is 12.3 Å². The summed E-state index contributed by atoms with van der Waals surface area (Å²) in [5.41, 5.74) is 0.205. The van der Waals surface area contributed by atoms with Crippen LogP contribution in [0.4, 0.5) is 0 Å². The molecular weight excluding hydrogens is 530 g/mol. The Morgan fingerprint density at radius 1 is 1.00 bits per heavy atom. The van der Waals surface area contributed by atoms with Crippen LogP contribution in [0.5, 0.6) is 5.88 Å². The zero-order valence-corrected chi connectivity index (χ0v) is 26.3. The molecule has 7 rings (SSSR count). The van der Waals surface area contributed by atoms with Crippen molar-refractivity contribution in [2.75, 3.05) is 19.7 Å². The summed E-state index contributed by atoms with van der Waals surface area (Å²) in [5, 5.41) is 17.3. The van der Waals surface area contributed by atoms with Gasteiger partial charge in [-0.1, -0.05) is 11.9 Å². The summed E-state index contributed by atoms with van der Waals surface area (Å²) in [6.45, 7) is 7.92. The van der Waals surface area contributed by atoms with E-state index in [4.69, 9.17) is 9.84 Å². The zero-order chi connectivity index (χ0) is 27.8. The molecule has 41 heavy (non-hydrogen) atoms. The maximum absolute atomic E-state index is 6.23. The zero-order valence-electron chi connectivity index (χ0n) is 25.5. The number of nitrogens with zero attached hydrogens (tertiary/aromatic N) is 3. The quantitative estimate of drug-likeness (QED) is 0.325. The smallest absolute Gasteiger partial charge is 0.232 e. The van der Waals surface area contributed by atoms with Crippen molar-refractivity contribution < 1.29 is 4.74 Å². The lowest BCUT2D eigenvalue weighted by Gasteiger charge is -2.49. The summed E-state index contributed by atoms with van der Waals surface area (Å²) in [4.78, 5) is 2.89. The SMILES string of the molecule is CC1(C)CCC2CCCNC3CCCC(N3)SNCC3CCC(n4ccc(OCCC(C5CC5)C5CC5)n4)NC3N21. The van der Waals surface area contributed by atoms with E-state index in [9.17, 15) is 0 Å². The molecule has 0 aromatic carbocycles. The molecule has 2 aliphatic carbocycles. The summed E-state index contributed by atoms with van der Waals surface area (Å²) >= 11 is 1.92. The number of nitrogens with one attached hydrogen (secondary N) is 4. The van der Waals surface area contributed by atoms with Crippen molar-refractivity contribution in [2.45, 2.75) is 139 Å². The number of aromatic nitrogens is 2. The topological polar surface area (TPSA) is 78.4 Å². The third kappa shape index (κ3) is 6.96. The maximum atomic E-state index is 6.23. The standard InChI is InChI=1S/C32H55N7OS/c1-32(2)17-14-25-5-4-18-33-27-6-3-7-30(35-27)41-34-21-24-12-13-28(36-31(24)39(25)32)38-19-15-29(37-38)40-20-16-26(22-8-9-22)23-10-11-23/h15,19,22-28,30-31,33-36H,3-14,16-18,20-21H2,1-2H3. The second-order valence-corrected chi connectivity index (χ2v) is 15.8. The Morgan fingerprint density at radius 3 is 2.68 bits per heavy atom. The van der Waals surface area contributed by atoms with Gasteiger partial charge in [-0.15, -0.1) is 5.10 Å². The molecule has 0 spiro atoms. The van der Waals surface area contributed by atoms with E-state index in [2.05, 4.69) is 56.4 Å². The van der Waals surface area contributed by atoms with E-state index >= 15 is 0 Å². The van der Waals surface area contributed by atoms with E-state index in [1.54, 1.807) is 0 Å². The van der Waals surface area contributed by atoms with Gasteiger partial charge in [0.25, 0.3) is 0 Å². The van der Waals surface area contributed by atoms with Gasteiger partial charge in [-0.2, -0.15) is 0 Å². The van der Waals surface area contributed by atoms with Gasteiger partial charge >= 0.3 is 0 Å². The fraction of sp³-hybridized carbons (Fsp3) is 0.906. The van der Waals surface area contributed by atoms with Gasteiger partial charge in [0, 0.05) is 36.3 Å². The van der Waals surface area contributed by atoms with Crippen LogP contribution in [-0.2, 0) is 0 Å². The van der Waals surface area contributed by atoms with Gasteiger partial charge in [0.2, 0.25) is 5.88 Å². The van der Waals surface area contributed by atoms with Crippen LogP contribution in [0.3, 0.4) is 0 Å². The van der Waals surface area contributed by atoms with E-state index in [0.29, 0.717) is 29.7 Å². The third-order valence-corrected chi connectivity index (χ3v) is 12.2. The largest absolute Gasteiger partial charge is 0.477 e. The molecule has 6 aliphatic rings. The minimum absolute atomic E-state index is 0.205. The molecular formula is C32H55N7OS. The molecule has 230 valence electrons. The predicted octanol–water partition coefficient (Wildman–Crippen LogP) is 5.20. The monoisotopic (exact) mass is 585 g/mol. The minimum Gasteiger partial charge on any atom is -0.477 e. The lowest BCUT2D eigenvalue weighted by atomic mass is 9.90. The highest BCUT2D eigenvalue weighted by Crippen LogP contribution is 2.50. The average Bonchev–Trinajstić information content (AvgIpc) is 3.90. The number of piperidine rings is 2. The van der Waals surface area contributed by atoms with Crippen molar-refractivity contribution in [1.29, 1.82) is 0 Å². The summed E-state index contributed by atoms with van der Waals surface area (Å²) < 4.78 is 12.2. The minimum atomic E-state index is 0.205. The van der Waals surface area contributed by atoms with Gasteiger partial charge in [0.1, 0.15) is 6.17 Å². The molecule has 6 unspecified atom stereocenters. The van der Waals surface area contributed by atoms with Crippen LogP contribution < -0.4 is 25.4 Å². The first-order valence-corrected chi connectivity index (χ1v) is 18.0. The number of ether oxygens (including phenoxy) is 1. The second-order valence-electron chi connectivity index (χ2n) is 14.7. The number of fused-ring (bicyclic) bond motifs is 5. The molecule has 0 radical (unpaired) electrons. The van der Waals surface area contributed by atoms with Crippen molar-refractivity contribution in [3.63, 3.8) is 0 Å². The van der Waals surface area contributed by atoms with Crippen molar-refractivity contribution >= 4 is 11.9 Å². The lowest BCUT2D eigenvalue weighted by molar-refractivity contribution is -0.0174. The van der Waals surface area contributed by atoms with Crippen molar-refractivity contribution in [1.82, 2.24) is 35.4 Å². The molecule has 2 bridgehead atoms. The van der Waals surface area contributed by atoms with Crippen molar-refractivity contribution in [2.24, 2.45) is 23.7 Å². The van der Waals surface area contributed by atoms with E-state index in [0.717, 1.165) is 49.8 Å². The van der Waals surface area contributed by atoms with Gasteiger partial charge in [0.05, 0.1) is 24.3 Å². The fourth-order valence-corrected chi connectivity index (χ4v) is 9.67. The highest BCUT2D eigenvalue weighted by atomic mass is 32.2. The molecule has 0 amide bonds. The number of rotatable bonds is 7. The Labute approximate surface area is 252 Å². The molecule has 6 atom stereocenters. The summed E-state index contributed by atoms with van der Waals surface area (Å²) in [6.07, 6.45) is 21.4. The highest BCUT2D eigenvalue weighted by molar-refractivity contribution is 7.98. The molecule has 1 aromatic rings. The van der Waals surface area contributed by atoms with E-state index in [-0.39, 0.29) is 11.7 Å². The first-order chi connectivity index (χ1) is 20.0. The van der Waals surface area contributed by atoms with Crippen LogP contribution >= 0.6 is 11.9 Å². The molecule has 4 saturated heterocycles. The van der Waals surface area contributed by atoms with Gasteiger partial charge in [-0.05, 0) is 128 Å². The summed E-state index contributed by atoms with van der Waals surface area (Å²) in [6, 6.07) is 2.72. The average molecular weight is 586 g/mol. The fourth-order valence-electron chi connectivity index (χ4n) is 8.64. The highest BCUT2D eigenvalue weighted by Gasteiger charge is 2.47. The Hall–Kier alpha value is -0.840. The number of hydrogen-bond acceptors (Lipinski definition) is 8. The molecule has 6 fully saturated rings. The van der Waals surface area contributed by atoms with Crippen LogP contribution in [0.1, 0.15) is 110 Å². The Kier molecular flexibility index (Phi) is 8.91. The number of hydrogen-bond donors (Lipinski definition) is 4. The van der Waals surface area contributed by atoms with Crippen LogP contribution in [0.25, 0.3) is 0 Å². The van der Waals surface area contributed by atoms with Crippen LogP contribution in [-0.4, -0.2) is 63.7 Å². The Bertz CT molecular complexity index is 984. The molecule has 4 N–H and O–H groups in total. The molecule has 9 heteroatoms. The molecule has 2 saturated carbocycles. The van der Waals surface area contributed by atoms with Crippen molar-refractivity contribution in [3.8, 4) is 5.88 Å². The first kappa shape index (κ1) is 28.9. The van der Waals surface area contributed by atoms with Crippen LogP contribution in [0.2, 0.25) is 0 Å². The summed E-state index contributed by atoms with van der Waals surface area (Å²) in [5.74, 6) is 4.25. The first-order valence-electron chi connectivity index (χ1n) is 17.1. The Morgan fingerprint density at radius 2 is 1.85 bits per heavy atom. The lowest BCUT2D eigenvalue weighted by Crippen LogP contribution is -2.62. The van der Waals surface area contributed by atoms with E-state index < -0.39 is 0 Å². The normalized spacial score (nSPS) is 36.9. The second kappa shape index (κ2) is 12.6. The predicted molar refractivity (Wildman–Crippen MR) is 166 cm³/mol. The van der Waals surface area contributed by atoms with Crippen LogP contribution in [0, 0.1) is 23.7 Å². The van der Waals surface area contributed by atoms with Gasteiger partial charge in [-0.25, -0.2) is 0 Å². The third-order valence-electron chi connectivity index (χ3n) is 11.2. The van der Waals surface area contributed by atoms with Crippen molar-refractivity contribution in [3.05, 3.63) is 12.3 Å². The van der Waals surface area contributed by atoms with Gasteiger partial charge in [-0.3, -0.25) is 24.9 Å². The molecule has 1 aromatic heterocycles.